The first kappa shape index (κ1) is 19.6. The zero-order chi connectivity index (χ0) is 14.7. The molecule has 0 rings (SSSR count). The molecule has 19 heavy (non-hydrogen) atoms. The van der Waals surface area contributed by atoms with Crippen LogP contribution < -0.4 is 0 Å². The van der Waals surface area contributed by atoms with Gasteiger partial charge >= 0.3 is 129 Å². The average molecular weight is 325 g/mol. The first-order valence-corrected chi connectivity index (χ1v) is 14.1. The number of hydrogen-bond acceptors (Lipinski definition) is 0. The van der Waals surface area contributed by atoms with Crippen molar-refractivity contribution < 1.29 is 0 Å². The van der Waals surface area contributed by atoms with E-state index in [1.165, 1.54) is 38.5 Å². The fourth-order valence-corrected chi connectivity index (χ4v) is 9.81. The fraction of sp³-hybridized carbons (Fsp3) is 1.00. The molecule has 0 aliphatic heterocycles. The summed E-state index contributed by atoms with van der Waals surface area (Å²) >= 11 is -0.908. The summed E-state index contributed by atoms with van der Waals surface area (Å²) in [5.74, 6) is 2.73. The summed E-state index contributed by atoms with van der Waals surface area (Å²) < 4.78 is 0. The van der Waals surface area contributed by atoms with E-state index < -0.39 is 16.2 Å². The first-order valence-electron chi connectivity index (χ1n) is 8.91. The van der Waals surface area contributed by atoms with E-state index in [1.54, 1.807) is 14.9 Å². The molecule has 0 nitrogen and oxygen atoms in total. The topological polar surface area (TPSA) is 0 Å². The Balaban J connectivity index is 3.85. The van der Waals surface area contributed by atoms with Gasteiger partial charge in [-0.25, -0.2) is 0 Å². The van der Waals surface area contributed by atoms with Crippen molar-refractivity contribution in [1.29, 1.82) is 0 Å². The first-order chi connectivity index (χ1) is 8.91. The van der Waals surface area contributed by atoms with Crippen LogP contribution in [-0.4, -0.2) is 16.2 Å². The molecule has 0 bridgehead atoms. The molecule has 0 aliphatic rings. The fourth-order valence-electron chi connectivity index (χ4n) is 2.88. The van der Waals surface area contributed by atoms with Crippen molar-refractivity contribution in [3.05, 3.63) is 0 Å². The van der Waals surface area contributed by atoms with Gasteiger partial charge in [-0.3, -0.25) is 0 Å². The van der Waals surface area contributed by atoms with Crippen LogP contribution in [0.5, 0.6) is 0 Å². The van der Waals surface area contributed by atoms with Gasteiger partial charge in [0.15, 0.2) is 0 Å². The van der Waals surface area contributed by atoms with Crippen LogP contribution in [0.3, 0.4) is 0 Å². The van der Waals surface area contributed by atoms with Gasteiger partial charge in [0.25, 0.3) is 0 Å². The van der Waals surface area contributed by atoms with Crippen LogP contribution in [0, 0.1) is 17.8 Å². The van der Waals surface area contributed by atoms with Gasteiger partial charge in [-0.05, 0) is 0 Å². The van der Waals surface area contributed by atoms with E-state index in [1.807, 2.05) is 0 Å². The molecule has 0 aromatic rings. The van der Waals surface area contributed by atoms with E-state index in [0.717, 1.165) is 17.8 Å². The molecule has 0 spiro atoms. The van der Waals surface area contributed by atoms with Crippen LogP contribution in [0.4, 0.5) is 0 Å². The van der Waals surface area contributed by atoms with E-state index in [-0.39, 0.29) is 0 Å². The molecule has 0 fully saturated rings. The summed E-state index contributed by atoms with van der Waals surface area (Å²) in [6.45, 7) is 14.2. The van der Waals surface area contributed by atoms with E-state index in [9.17, 15) is 0 Å². The standard InChI is InChI=1S/3C6H13.Ga/c3*1-4-5-6(2)3;/h3*6H,1,4-5H2,2-3H3;. The van der Waals surface area contributed by atoms with Crippen molar-refractivity contribution in [2.45, 2.75) is 95.0 Å². The molecule has 0 aliphatic carbocycles. The van der Waals surface area contributed by atoms with Gasteiger partial charge in [0.1, 0.15) is 0 Å². The third-order valence-corrected chi connectivity index (χ3v) is 11.9. The van der Waals surface area contributed by atoms with Crippen LogP contribution in [0.15, 0.2) is 0 Å². The quantitative estimate of drug-likeness (QED) is 0.347. The molecule has 114 valence electrons. The Morgan fingerprint density at radius 1 is 0.526 bits per heavy atom. The third-order valence-electron chi connectivity index (χ3n) is 4.18. The van der Waals surface area contributed by atoms with Crippen molar-refractivity contribution in [3.63, 3.8) is 0 Å². The molecule has 0 aromatic heterocycles. The maximum atomic E-state index is 2.37. The summed E-state index contributed by atoms with van der Waals surface area (Å²) in [4.78, 5) is 5.00. The van der Waals surface area contributed by atoms with Crippen molar-refractivity contribution in [2.75, 3.05) is 0 Å². The third kappa shape index (κ3) is 14.9. The maximum absolute atomic E-state index is 2.37. The summed E-state index contributed by atoms with van der Waals surface area (Å²) in [5.41, 5.74) is 0. The Labute approximate surface area is 129 Å². The molecule has 0 unspecified atom stereocenters. The van der Waals surface area contributed by atoms with Crippen LogP contribution in [0.25, 0.3) is 0 Å². The van der Waals surface area contributed by atoms with Gasteiger partial charge < -0.3 is 0 Å². The van der Waals surface area contributed by atoms with Crippen molar-refractivity contribution in [3.8, 4) is 0 Å². The second kappa shape index (κ2) is 12.4. The summed E-state index contributed by atoms with van der Waals surface area (Å²) in [6.07, 6.45) is 9.01. The normalized spacial score (nSPS) is 11.8. The number of rotatable bonds is 12. The summed E-state index contributed by atoms with van der Waals surface area (Å²) in [6, 6.07) is 0. The Kier molecular flexibility index (Phi) is 12.8. The van der Waals surface area contributed by atoms with Gasteiger partial charge in [-0.1, -0.05) is 0 Å². The minimum absolute atomic E-state index is 0.908. The average Bonchev–Trinajstić information content (AvgIpc) is 2.26. The summed E-state index contributed by atoms with van der Waals surface area (Å²) in [7, 11) is 0. The molecule has 0 N–H and O–H groups in total. The van der Waals surface area contributed by atoms with E-state index in [0.29, 0.717) is 0 Å². The molecule has 0 atom stereocenters. The van der Waals surface area contributed by atoms with Crippen LogP contribution in [-0.2, 0) is 0 Å². The molecular weight excluding hydrogens is 286 g/mol. The Bertz CT molecular complexity index is 151. The van der Waals surface area contributed by atoms with Crippen LogP contribution in [0.1, 0.15) is 80.1 Å². The Morgan fingerprint density at radius 2 is 0.789 bits per heavy atom. The molecule has 0 aromatic carbocycles. The van der Waals surface area contributed by atoms with Crippen molar-refractivity contribution in [1.82, 2.24) is 0 Å². The van der Waals surface area contributed by atoms with Gasteiger partial charge in [-0.15, -0.1) is 0 Å². The van der Waals surface area contributed by atoms with Crippen molar-refractivity contribution >= 4 is 16.2 Å². The predicted octanol–water partition coefficient (Wildman–Crippen LogP) is 6.79. The SMILES string of the molecule is CC(C)CC[CH2][Ga]([CH2]CCC(C)C)[CH2]CCC(C)C. The Morgan fingerprint density at radius 3 is 1.00 bits per heavy atom. The van der Waals surface area contributed by atoms with Gasteiger partial charge in [0.2, 0.25) is 0 Å². The molecule has 1 heteroatoms. The molecule has 0 radical (unpaired) electrons. The van der Waals surface area contributed by atoms with Crippen molar-refractivity contribution in [2.24, 2.45) is 17.8 Å². The molecular formula is C18H39Ga. The summed E-state index contributed by atoms with van der Waals surface area (Å²) in [5, 5.41) is 0. The monoisotopic (exact) mass is 324 g/mol. The molecule has 0 heterocycles. The predicted molar refractivity (Wildman–Crippen MR) is 92.4 cm³/mol. The van der Waals surface area contributed by atoms with E-state index in [2.05, 4.69) is 41.5 Å². The van der Waals surface area contributed by atoms with Gasteiger partial charge in [0, 0.05) is 0 Å². The zero-order valence-electron chi connectivity index (χ0n) is 14.7. The molecule has 0 saturated heterocycles. The second-order valence-electron chi connectivity index (χ2n) is 7.84. The zero-order valence-corrected chi connectivity index (χ0v) is 17.1. The van der Waals surface area contributed by atoms with E-state index >= 15 is 0 Å². The van der Waals surface area contributed by atoms with E-state index in [4.69, 9.17) is 0 Å². The number of hydrogen-bond donors (Lipinski definition) is 0. The van der Waals surface area contributed by atoms with Gasteiger partial charge in [-0.2, -0.15) is 0 Å². The second-order valence-corrected chi connectivity index (χ2v) is 15.1. The van der Waals surface area contributed by atoms with Crippen LogP contribution >= 0.6 is 0 Å². The molecule has 0 amide bonds. The van der Waals surface area contributed by atoms with Gasteiger partial charge in [0.05, 0.1) is 0 Å². The minimum atomic E-state index is -0.908. The molecule has 0 saturated carbocycles. The van der Waals surface area contributed by atoms with Crippen LogP contribution in [0.2, 0.25) is 14.9 Å². The Hall–Kier alpha value is 0.636.